The quantitative estimate of drug-likeness (QED) is 0.0252. The molecule has 0 aromatic rings. The Hall–Kier alpha value is -10.6. The number of nitrogens with two attached hydrogens (primary N) is 1. The van der Waals surface area contributed by atoms with E-state index in [4.69, 9.17) is 5.73 Å². The highest BCUT2D eigenvalue weighted by molar-refractivity contribution is 5.82. The highest BCUT2D eigenvalue weighted by Crippen LogP contribution is 2.20. The molecule has 0 fully saturated rings. The van der Waals surface area contributed by atoms with Crippen LogP contribution in [0.5, 0.6) is 0 Å². The average Bonchev–Trinajstić information content (AvgIpc) is 0.871. The summed E-state index contributed by atoms with van der Waals surface area (Å²) >= 11 is 0. The monoisotopic (exact) mass is 1980 g/mol. The van der Waals surface area contributed by atoms with Crippen LogP contribution in [0.1, 0.15) is 367 Å². The summed E-state index contributed by atoms with van der Waals surface area (Å²) in [6.07, 6.45) is 13.1. The third kappa shape index (κ3) is 75.9. The number of carboxylic acids is 9. The van der Waals surface area contributed by atoms with Crippen LogP contribution in [0.4, 0.5) is 0 Å². The number of hydrogen-bond acceptors (Lipinski definition) is 21. The SMILES string of the molecule is CC(=O)NCCCCCCN(CCN(CCN(CCN(CCN(CCN(CCN(CCN(CCN(CCCCCCCNC(=O)CC(C)N)C(=O)CCCCCC(=O)O)C(=O)CCCCCC(=O)O)C(=O)CCCCCC(=O)O)C(=O)CCCCCC(=O)O)C(=O)CCCCCC(=O)O)C(=O)CCCCCC(=O)O)C(=O)CCCCCC(=O)O)C(=O)CCCCCC(=O)O)C(=O)CCCCCC(=O)O. The zero-order chi connectivity index (χ0) is 104. The number of carbonyl (C=O) groups is 20. The zero-order valence-electron chi connectivity index (χ0n) is 83.4. The van der Waals surface area contributed by atoms with Crippen molar-refractivity contribution >= 4 is 119 Å². The van der Waals surface area contributed by atoms with Crippen molar-refractivity contribution in [3.05, 3.63) is 0 Å². The third-order valence-electron chi connectivity index (χ3n) is 24.0. The molecule has 11 amide bonds. The number of aliphatic carboxylic acids is 9. The molecule has 0 aliphatic rings. The summed E-state index contributed by atoms with van der Waals surface area (Å²) < 4.78 is 0. The summed E-state index contributed by atoms with van der Waals surface area (Å²) in [7, 11) is 0. The summed E-state index contributed by atoms with van der Waals surface area (Å²) in [6.45, 7) is 2.75. The average molecular weight is 1980 g/mol. The Morgan fingerprint density at radius 3 is 0.468 bits per heavy atom. The van der Waals surface area contributed by atoms with Crippen molar-refractivity contribution < 1.29 is 142 Å². The fourth-order valence-electron chi connectivity index (χ4n) is 15.8. The van der Waals surface area contributed by atoms with Crippen molar-refractivity contribution in [3.8, 4) is 0 Å². The van der Waals surface area contributed by atoms with Crippen LogP contribution in [0.15, 0.2) is 0 Å². The number of hydrogen-bond donors (Lipinski definition) is 12. The number of unbranched alkanes of at least 4 members (excludes halogenated alkanes) is 25. The smallest absolute Gasteiger partial charge is 0.303 e. The lowest BCUT2D eigenvalue weighted by Crippen LogP contribution is -2.49. The van der Waals surface area contributed by atoms with Crippen molar-refractivity contribution in [2.45, 2.75) is 373 Å². The summed E-state index contributed by atoms with van der Waals surface area (Å²) in [6, 6.07) is -0.290. The topological polar surface area (TPSA) is 603 Å². The normalized spacial score (nSPS) is 11.2. The van der Waals surface area contributed by atoms with Gasteiger partial charge in [0.15, 0.2) is 0 Å². The van der Waals surface area contributed by atoms with E-state index in [0.717, 1.165) is 19.3 Å². The van der Waals surface area contributed by atoms with E-state index >= 15 is 0 Å². The molecule has 0 aliphatic carbocycles. The molecule has 1 atom stereocenters. The summed E-state index contributed by atoms with van der Waals surface area (Å²) in [4.78, 5) is 273. The van der Waals surface area contributed by atoms with Gasteiger partial charge in [-0.2, -0.15) is 0 Å². The molecule has 0 spiro atoms. The zero-order valence-corrected chi connectivity index (χ0v) is 83.4. The van der Waals surface area contributed by atoms with E-state index in [9.17, 15) is 142 Å². The Morgan fingerprint density at radius 2 is 0.317 bits per heavy atom. The van der Waals surface area contributed by atoms with Gasteiger partial charge in [0.2, 0.25) is 65.0 Å². The van der Waals surface area contributed by atoms with Crippen molar-refractivity contribution in [2.24, 2.45) is 5.73 Å². The van der Waals surface area contributed by atoms with Gasteiger partial charge in [-0.15, -0.1) is 0 Å². The molecule has 1 unspecified atom stereocenters. The predicted octanol–water partition coefficient (Wildman–Crippen LogP) is 10.3. The van der Waals surface area contributed by atoms with Crippen LogP contribution in [0.2, 0.25) is 0 Å². The van der Waals surface area contributed by atoms with Crippen molar-refractivity contribution in [1.82, 2.24) is 54.7 Å². The predicted molar refractivity (Wildman–Crippen MR) is 517 cm³/mol. The molecule has 0 heterocycles. The highest BCUT2D eigenvalue weighted by atomic mass is 16.4. The Balaban J connectivity index is 8.39. The van der Waals surface area contributed by atoms with Crippen LogP contribution in [0.25, 0.3) is 0 Å². The van der Waals surface area contributed by atoms with Gasteiger partial charge in [0.1, 0.15) is 0 Å². The van der Waals surface area contributed by atoms with Gasteiger partial charge in [0.05, 0.1) is 0 Å². The van der Waals surface area contributed by atoms with Crippen LogP contribution in [-0.2, 0) is 95.9 Å². The van der Waals surface area contributed by atoms with Gasteiger partial charge < -0.3 is 106 Å². The Labute approximate surface area is 821 Å². The first-order valence-corrected chi connectivity index (χ1v) is 51.0. The largest absolute Gasteiger partial charge is 0.481 e. The van der Waals surface area contributed by atoms with Crippen molar-refractivity contribution in [2.75, 3.05) is 131 Å². The fraction of sp³-hybridized carbons (Fsp3) is 0.796. The summed E-state index contributed by atoms with van der Waals surface area (Å²) in [5.41, 5.74) is 5.78. The number of rotatable bonds is 95. The van der Waals surface area contributed by atoms with Crippen LogP contribution in [0, 0.1) is 0 Å². The molecule has 41 heteroatoms. The maximum absolute atomic E-state index is 15.0. The number of nitrogens with zero attached hydrogens (tertiary/aromatic N) is 9. The molecular formula is C98H170N12O29. The first-order chi connectivity index (χ1) is 66.3. The molecule has 0 saturated heterocycles. The van der Waals surface area contributed by atoms with E-state index in [-0.39, 0.29) is 345 Å². The molecule has 0 aliphatic heterocycles. The van der Waals surface area contributed by atoms with E-state index < -0.39 is 83.3 Å². The van der Waals surface area contributed by atoms with Crippen LogP contribution in [0.3, 0.4) is 0 Å². The van der Waals surface area contributed by atoms with Gasteiger partial charge in [-0.3, -0.25) is 95.9 Å². The molecule has 796 valence electrons. The number of amides is 11. The second-order valence-electron chi connectivity index (χ2n) is 36.2. The van der Waals surface area contributed by atoms with E-state index in [1.54, 1.807) is 16.7 Å². The van der Waals surface area contributed by atoms with Crippen LogP contribution >= 0.6 is 0 Å². The number of nitrogens with one attached hydrogen (secondary N) is 2. The molecular weight excluding hydrogens is 1810 g/mol. The Bertz CT molecular complexity index is 3580. The second kappa shape index (κ2) is 83.2. The lowest BCUT2D eigenvalue weighted by atomic mass is 10.1. The minimum Gasteiger partial charge on any atom is -0.481 e. The van der Waals surface area contributed by atoms with Crippen molar-refractivity contribution in [1.29, 1.82) is 0 Å². The summed E-state index contributed by atoms with van der Waals surface area (Å²) in [5.74, 6) is -12.9. The lowest BCUT2D eigenvalue weighted by molar-refractivity contribution is -0.139. The fourth-order valence-corrected chi connectivity index (χ4v) is 15.8. The maximum atomic E-state index is 15.0. The van der Waals surface area contributed by atoms with E-state index in [0.29, 0.717) is 161 Å². The third-order valence-corrected chi connectivity index (χ3v) is 24.0. The van der Waals surface area contributed by atoms with Crippen LogP contribution in [-0.4, -0.2) is 346 Å². The second-order valence-corrected chi connectivity index (χ2v) is 36.2. The summed E-state index contributed by atoms with van der Waals surface area (Å²) in [5, 5.41) is 90.5. The molecule has 0 saturated carbocycles. The molecule has 0 radical (unpaired) electrons. The Kier molecular flexibility index (Phi) is 76.8. The van der Waals surface area contributed by atoms with Crippen molar-refractivity contribution in [3.63, 3.8) is 0 Å². The highest BCUT2D eigenvalue weighted by Gasteiger charge is 2.29. The van der Waals surface area contributed by atoms with Gasteiger partial charge in [-0.05, 0) is 148 Å². The molecule has 0 aromatic carbocycles. The molecule has 0 aromatic heterocycles. The van der Waals surface area contributed by atoms with Gasteiger partial charge in [0, 0.05) is 266 Å². The molecule has 0 rings (SSSR count). The minimum absolute atomic E-state index is 0.0153. The number of carboxylic acid groups (broad SMARTS) is 9. The van der Waals surface area contributed by atoms with Gasteiger partial charge in [0.25, 0.3) is 0 Å². The maximum Gasteiger partial charge on any atom is 0.303 e. The van der Waals surface area contributed by atoms with E-state index in [1.165, 1.54) is 41.2 Å². The van der Waals surface area contributed by atoms with Crippen LogP contribution < -0.4 is 16.4 Å². The first-order valence-electron chi connectivity index (χ1n) is 51.0. The lowest BCUT2D eigenvalue weighted by Gasteiger charge is -2.34. The minimum atomic E-state index is -1.05. The molecule has 13 N–H and O–H groups in total. The molecule has 41 nitrogen and oxygen atoms in total. The molecule has 0 bridgehead atoms. The standard InChI is InChI=1S/C98H170N12O29/c1-78(99)77-80(112)101-58-36-4-3-6-37-59-102(81(113)39-17-8-26-48-90(122)123)61-63-104(83(115)41-19-10-28-50-92(126)127)65-67-106(85(117)43-21-12-30-52-94(130)131)69-71-108(87(119)45-23-14-32-54-96(134)135)73-75-110(89(121)47-25-16-34-56-98(138)139)76-74-109(88(120)46-24-15-33-55-97(136)137)72-70-107(86(118)44-22-13-31-53-95(132)133)68-66-105(84(116)42-20-11-29-51-93(128)129)64-62-103(60-38-7-5-35-57-100-79(2)111)82(114)40-18-9-27-49-91(124)125/h78H,3-77,99H2,1-2H3,(H,100,111)(H,101,112)(H,122,123)(H,124,125)(H,126,127)(H,128,129)(H,130,131)(H,132,133)(H,134,135)(H,136,137)(H,138,139). The molecule has 139 heavy (non-hydrogen) atoms. The van der Waals surface area contributed by atoms with Gasteiger partial charge >= 0.3 is 53.7 Å². The first kappa shape index (κ1) is 128. The van der Waals surface area contributed by atoms with E-state index in [1.807, 2.05) is 0 Å². The number of carbonyl (C=O) groups excluding carboxylic acids is 11. The van der Waals surface area contributed by atoms with E-state index in [2.05, 4.69) is 10.6 Å². The Morgan fingerprint density at radius 1 is 0.187 bits per heavy atom. The van der Waals surface area contributed by atoms with Gasteiger partial charge in [-0.1, -0.05) is 89.9 Å². The van der Waals surface area contributed by atoms with Gasteiger partial charge in [-0.25, -0.2) is 0 Å².